The SMILES string of the molecule is Cc1cc(-c2cnc(N)c(OCc3cccc4[nH]ncc34)n2)cc2c1CCN(C)C2. The summed E-state index contributed by atoms with van der Waals surface area (Å²) in [6, 6.07) is 10.4. The van der Waals surface area contributed by atoms with Gasteiger partial charge in [-0.25, -0.2) is 9.97 Å². The second kappa shape index (κ2) is 7.42. The van der Waals surface area contributed by atoms with Crippen LogP contribution in [0.4, 0.5) is 5.82 Å². The maximum atomic E-state index is 6.06. The predicted molar refractivity (Wildman–Crippen MR) is 117 cm³/mol. The van der Waals surface area contributed by atoms with E-state index in [9.17, 15) is 0 Å². The van der Waals surface area contributed by atoms with Gasteiger partial charge >= 0.3 is 0 Å². The van der Waals surface area contributed by atoms with Crippen LogP contribution in [0.5, 0.6) is 5.88 Å². The van der Waals surface area contributed by atoms with Gasteiger partial charge in [-0.15, -0.1) is 0 Å². The quantitative estimate of drug-likeness (QED) is 0.545. The summed E-state index contributed by atoms with van der Waals surface area (Å²) in [5.41, 5.74) is 13.9. The maximum absolute atomic E-state index is 6.06. The number of aromatic amines is 1. The molecule has 2 aromatic heterocycles. The zero-order valence-corrected chi connectivity index (χ0v) is 17.1. The molecule has 30 heavy (non-hydrogen) atoms. The highest BCUT2D eigenvalue weighted by molar-refractivity contribution is 5.81. The molecule has 1 aliphatic rings. The van der Waals surface area contributed by atoms with Gasteiger partial charge in [-0.05, 0) is 55.3 Å². The molecule has 4 aromatic rings. The van der Waals surface area contributed by atoms with Gasteiger partial charge in [0.15, 0.2) is 5.82 Å². The highest BCUT2D eigenvalue weighted by Crippen LogP contribution is 2.30. The molecule has 0 fully saturated rings. The van der Waals surface area contributed by atoms with E-state index in [4.69, 9.17) is 10.5 Å². The van der Waals surface area contributed by atoms with E-state index in [1.807, 2.05) is 18.2 Å². The number of aryl methyl sites for hydroxylation is 1. The van der Waals surface area contributed by atoms with E-state index in [0.717, 1.165) is 47.2 Å². The van der Waals surface area contributed by atoms with Gasteiger partial charge in [-0.2, -0.15) is 5.10 Å². The minimum absolute atomic E-state index is 0.285. The van der Waals surface area contributed by atoms with Crippen molar-refractivity contribution in [2.75, 3.05) is 19.3 Å². The van der Waals surface area contributed by atoms with Gasteiger partial charge in [0.05, 0.1) is 23.6 Å². The van der Waals surface area contributed by atoms with Crippen LogP contribution >= 0.6 is 0 Å². The highest BCUT2D eigenvalue weighted by atomic mass is 16.5. The largest absolute Gasteiger partial charge is 0.470 e. The van der Waals surface area contributed by atoms with Crippen molar-refractivity contribution in [1.82, 2.24) is 25.1 Å². The van der Waals surface area contributed by atoms with Crippen LogP contribution in [0.2, 0.25) is 0 Å². The molecule has 1 aliphatic heterocycles. The molecule has 7 heteroatoms. The summed E-state index contributed by atoms with van der Waals surface area (Å²) in [5, 5.41) is 8.09. The van der Waals surface area contributed by atoms with Gasteiger partial charge in [0.2, 0.25) is 0 Å². The highest BCUT2D eigenvalue weighted by Gasteiger charge is 2.18. The van der Waals surface area contributed by atoms with Crippen LogP contribution < -0.4 is 10.5 Å². The first kappa shape index (κ1) is 18.6. The van der Waals surface area contributed by atoms with Crippen LogP contribution in [0.15, 0.2) is 42.7 Å². The van der Waals surface area contributed by atoms with E-state index in [-0.39, 0.29) is 5.82 Å². The number of H-pyrrole nitrogens is 1. The molecule has 3 heterocycles. The molecule has 5 rings (SSSR count). The Morgan fingerprint density at radius 3 is 3.03 bits per heavy atom. The number of likely N-dealkylation sites (N-methyl/N-ethyl adjacent to an activating group) is 1. The number of nitrogen functional groups attached to an aromatic ring is 1. The van der Waals surface area contributed by atoms with Crippen molar-refractivity contribution >= 4 is 16.7 Å². The Morgan fingerprint density at radius 1 is 1.23 bits per heavy atom. The van der Waals surface area contributed by atoms with Crippen molar-refractivity contribution in [1.29, 1.82) is 0 Å². The molecule has 0 amide bonds. The Labute approximate surface area is 174 Å². The molecule has 0 saturated carbocycles. The molecule has 0 saturated heterocycles. The summed E-state index contributed by atoms with van der Waals surface area (Å²) in [5.74, 6) is 0.632. The average molecular weight is 400 g/mol. The first-order valence-electron chi connectivity index (χ1n) is 10.1. The Balaban J connectivity index is 1.45. The summed E-state index contributed by atoms with van der Waals surface area (Å²) < 4.78 is 5.97. The van der Waals surface area contributed by atoms with Gasteiger partial charge in [-0.1, -0.05) is 12.1 Å². The summed E-state index contributed by atoms with van der Waals surface area (Å²) in [6.07, 6.45) is 4.60. The van der Waals surface area contributed by atoms with Crippen molar-refractivity contribution in [3.8, 4) is 17.1 Å². The third-order valence-corrected chi connectivity index (χ3v) is 5.75. The van der Waals surface area contributed by atoms with Gasteiger partial charge in [0, 0.05) is 29.6 Å². The van der Waals surface area contributed by atoms with Gasteiger partial charge in [-0.3, -0.25) is 5.10 Å². The Hall–Kier alpha value is -3.45. The smallest absolute Gasteiger partial charge is 0.258 e. The fraction of sp³-hybridized carbons (Fsp3) is 0.261. The number of nitrogens with zero attached hydrogens (tertiary/aromatic N) is 4. The van der Waals surface area contributed by atoms with E-state index in [1.165, 1.54) is 16.7 Å². The molecular weight excluding hydrogens is 376 g/mol. The lowest BCUT2D eigenvalue weighted by Crippen LogP contribution is -2.27. The Morgan fingerprint density at radius 2 is 2.13 bits per heavy atom. The van der Waals surface area contributed by atoms with Gasteiger partial charge in [0.25, 0.3) is 5.88 Å². The average Bonchev–Trinajstić information content (AvgIpc) is 3.22. The van der Waals surface area contributed by atoms with Crippen LogP contribution in [0.25, 0.3) is 22.2 Å². The molecule has 3 N–H and O–H groups in total. The van der Waals surface area contributed by atoms with Crippen LogP contribution in [0.3, 0.4) is 0 Å². The monoisotopic (exact) mass is 400 g/mol. The van der Waals surface area contributed by atoms with Gasteiger partial charge < -0.3 is 15.4 Å². The molecule has 0 aliphatic carbocycles. The summed E-state index contributed by atoms with van der Waals surface area (Å²) >= 11 is 0. The third kappa shape index (κ3) is 3.37. The van der Waals surface area contributed by atoms with E-state index < -0.39 is 0 Å². The van der Waals surface area contributed by atoms with Crippen molar-refractivity contribution in [2.24, 2.45) is 0 Å². The van der Waals surface area contributed by atoms with E-state index in [1.54, 1.807) is 12.4 Å². The predicted octanol–water partition coefficient (Wildman–Crippen LogP) is 3.48. The molecule has 7 nitrogen and oxygen atoms in total. The summed E-state index contributed by atoms with van der Waals surface area (Å²) in [6.45, 7) is 4.55. The number of nitrogens with one attached hydrogen (secondary N) is 1. The number of rotatable bonds is 4. The summed E-state index contributed by atoms with van der Waals surface area (Å²) in [7, 11) is 2.15. The Bertz CT molecular complexity index is 1230. The fourth-order valence-electron chi connectivity index (χ4n) is 4.14. The molecule has 0 radical (unpaired) electrons. The van der Waals surface area contributed by atoms with Crippen LogP contribution in [-0.2, 0) is 19.6 Å². The van der Waals surface area contributed by atoms with Crippen LogP contribution in [-0.4, -0.2) is 38.7 Å². The zero-order chi connectivity index (χ0) is 20.7. The zero-order valence-electron chi connectivity index (χ0n) is 17.1. The minimum atomic E-state index is 0.285. The van der Waals surface area contributed by atoms with Gasteiger partial charge in [0.1, 0.15) is 6.61 Å². The molecular formula is C23H24N6O. The normalized spacial score (nSPS) is 14.1. The van der Waals surface area contributed by atoms with Crippen molar-refractivity contribution < 1.29 is 4.74 Å². The fourth-order valence-corrected chi connectivity index (χ4v) is 4.14. The molecule has 0 unspecified atom stereocenters. The topological polar surface area (TPSA) is 92.9 Å². The number of hydrogen-bond acceptors (Lipinski definition) is 6. The van der Waals surface area contributed by atoms with Crippen molar-refractivity contribution in [3.05, 3.63) is 65.0 Å². The number of nitrogens with two attached hydrogens (primary N) is 1. The second-order valence-corrected chi connectivity index (χ2v) is 7.90. The van der Waals surface area contributed by atoms with Crippen molar-refractivity contribution in [2.45, 2.75) is 26.5 Å². The molecule has 0 atom stereocenters. The lowest BCUT2D eigenvalue weighted by atomic mass is 9.92. The molecule has 0 bridgehead atoms. The number of fused-ring (bicyclic) bond motifs is 2. The third-order valence-electron chi connectivity index (χ3n) is 5.75. The van der Waals surface area contributed by atoms with E-state index in [2.05, 4.69) is 51.2 Å². The van der Waals surface area contributed by atoms with E-state index >= 15 is 0 Å². The summed E-state index contributed by atoms with van der Waals surface area (Å²) in [4.78, 5) is 11.4. The standard InChI is InChI=1S/C23H24N6O/c1-14-8-16(9-17-12-29(2)7-6-18(14)17)21-11-25-22(24)23(27-21)30-13-15-4-3-5-20-19(15)10-26-28-20/h3-5,8-11H,6-7,12-13H2,1-2H3,(H2,24,25)(H,26,28). The van der Waals surface area contributed by atoms with Crippen LogP contribution in [0, 0.1) is 6.92 Å². The number of ether oxygens (including phenoxy) is 1. The maximum Gasteiger partial charge on any atom is 0.258 e. The lowest BCUT2D eigenvalue weighted by Gasteiger charge is -2.27. The Kier molecular flexibility index (Phi) is 4.59. The molecule has 0 spiro atoms. The first-order chi connectivity index (χ1) is 14.6. The van der Waals surface area contributed by atoms with E-state index in [0.29, 0.717) is 12.5 Å². The van der Waals surface area contributed by atoms with Crippen molar-refractivity contribution in [3.63, 3.8) is 0 Å². The molecule has 152 valence electrons. The first-order valence-corrected chi connectivity index (χ1v) is 10.1. The minimum Gasteiger partial charge on any atom is -0.470 e. The second-order valence-electron chi connectivity index (χ2n) is 7.90. The number of anilines is 1. The number of aromatic nitrogens is 4. The van der Waals surface area contributed by atoms with Crippen LogP contribution in [0.1, 0.15) is 22.3 Å². The number of benzene rings is 2. The molecule has 2 aromatic carbocycles. The lowest BCUT2D eigenvalue weighted by molar-refractivity contribution is 0.296. The number of hydrogen-bond donors (Lipinski definition) is 2.